The number of amides is 1. The van der Waals surface area contributed by atoms with Gasteiger partial charge in [-0.15, -0.1) is 0 Å². The van der Waals surface area contributed by atoms with E-state index < -0.39 is 17.5 Å². The van der Waals surface area contributed by atoms with Crippen LogP contribution in [0.15, 0.2) is 23.9 Å². The number of hydrogen-bond acceptors (Lipinski definition) is 5. The lowest BCUT2D eigenvalue weighted by Crippen LogP contribution is -2.42. The zero-order chi connectivity index (χ0) is 24.0. The molecule has 2 aromatic heterocycles. The van der Waals surface area contributed by atoms with Crippen molar-refractivity contribution in [2.75, 3.05) is 20.1 Å². The van der Waals surface area contributed by atoms with Crippen LogP contribution >= 0.6 is 0 Å². The highest BCUT2D eigenvalue weighted by Crippen LogP contribution is 2.27. The summed E-state index contributed by atoms with van der Waals surface area (Å²) in [5.74, 6) is -4.41. The van der Waals surface area contributed by atoms with E-state index in [2.05, 4.69) is 15.3 Å². The van der Waals surface area contributed by atoms with Gasteiger partial charge in [-0.25, -0.2) is 18.2 Å². The Labute approximate surface area is 188 Å². The topological polar surface area (TPSA) is 86.4 Å². The molecule has 0 unspecified atom stereocenters. The number of rotatable bonds is 3. The summed E-state index contributed by atoms with van der Waals surface area (Å²) in [7, 11) is 1.56. The molecule has 4 rings (SSSR count). The molecule has 0 spiro atoms. The Kier molecular flexibility index (Phi) is 5.69. The van der Waals surface area contributed by atoms with Crippen LogP contribution in [0.4, 0.5) is 13.2 Å². The number of hydrogen-bond donors (Lipinski definition) is 2. The molecule has 33 heavy (non-hydrogen) atoms. The Balaban J connectivity index is 1.67. The molecule has 10 heteroatoms. The number of carbonyl (C=O) groups is 1. The van der Waals surface area contributed by atoms with Gasteiger partial charge in [-0.3, -0.25) is 14.2 Å². The van der Waals surface area contributed by atoms with Gasteiger partial charge >= 0.3 is 0 Å². The van der Waals surface area contributed by atoms with Crippen LogP contribution in [0.1, 0.15) is 39.6 Å². The molecular formula is C23H23F3N6O. The normalized spacial score (nSPS) is 15.8. The molecule has 1 fully saturated rings. The summed E-state index contributed by atoms with van der Waals surface area (Å²) in [6.45, 7) is 5.74. The third-order valence-electron chi connectivity index (χ3n) is 5.83. The van der Waals surface area contributed by atoms with Crippen LogP contribution < -0.4 is 5.32 Å². The molecule has 0 saturated carbocycles. The summed E-state index contributed by atoms with van der Waals surface area (Å²) in [5.41, 5.74) is 4.15. The van der Waals surface area contributed by atoms with E-state index in [1.165, 1.54) is 0 Å². The number of likely N-dealkylation sites (tertiary alicyclic amines) is 1. The monoisotopic (exact) mass is 456 g/mol. The quantitative estimate of drug-likeness (QED) is 0.590. The summed E-state index contributed by atoms with van der Waals surface area (Å²) in [6.07, 6.45) is 1.97. The summed E-state index contributed by atoms with van der Waals surface area (Å²) in [5, 5.41) is 11.4. The van der Waals surface area contributed by atoms with Crippen LogP contribution in [0.2, 0.25) is 0 Å². The fourth-order valence-corrected chi connectivity index (χ4v) is 4.20. The highest BCUT2D eigenvalue weighted by atomic mass is 19.2. The van der Waals surface area contributed by atoms with Crippen molar-refractivity contribution in [2.24, 2.45) is 0 Å². The van der Waals surface area contributed by atoms with Crippen LogP contribution in [0, 0.1) is 43.6 Å². The number of carbonyl (C=O) groups excluding carboxylic acids is 1. The van der Waals surface area contributed by atoms with Gasteiger partial charge in [0.1, 0.15) is 5.69 Å². The second-order valence-corrected chi connectivity index (χ2v) is 8.00. The van der Waals surface area contributed by atoms with E-state index in [0.29, 0.717) is 40.5 Å². The van der Waals surface area contributed by atoms with E-state index in [-0.39, 0.29) is 30.1 Å². The van der Waals surface area contributed by atoms with Crippen molar-refractivity contribution >= 4 is 23.0 Å². The SMILES string of the molecule is CN/C(=C1/CCN(C(=O)c2c(C)nc3c(C)ncc(C)n23)CC1=N)c1cc(F)c(F)c(F)c1. The molecule has 0 aliphatic carbocycles. The van der Waals surface area contributed by atoms with Crippen LogP contribution in [-0.2, 0) is 0 Å². The molecule has 1 saturated heterocycles. The van der Waals surface area contributed by atoms with E-state index in [0.717, 1.165) is 17.8 Å². The Morgan fingerprint density at radius 2 is 1.79 bits per heavy atom. The zero-order valence-corrected chi connectivity index (χ0v) is 18.7. The van der Waals surface area contributed by atoms with Gasteiger partial charge in [-0.1, -0.05) is 0 Å². The van der Waals surface area contributed by atoms with Crippen LogP contribution in [0.5, 0.6) is 0 Å². The van der Waals surface area contributed by atoms with Gasteiger partial charge < -0.3 is 15.6 Å². The summed E-state index contributed by atoms with van der Waals surface area (Å²) < 4.78 is 42.7. The largest absolute Gasteiger partial charge is 0.387 e. The summed E-state index contributed by atoms with van der Waals surface area (Å²) in [4.78, 5) is 23.8. The van der Waals surface area contributed by atoms with E-state index in [4.69, 9.17) is 5.41 Å². The number of halogens is 3. The van der Waals surface area contributed by atoms with Crippen molar-refractivity contribution in [3.05, 3.63) is 69.7 Å². The van der Waals surface area contributed by atoms with Crippen molar-refractivity contribution in [2.45, 2.75) is 27.2 Å². The van der Waals surface area contributed by atoms with Gasteiger partial charge in [0.05, 0.1) is 23.6 Å². The van der Waals surface area contributed by atoms with Gasteiger partial charge in [0.25, 0.3) is 5.91 Å². The Hall–Kier alpha value is -3.69. The molecule has 1 aliphatic heterocycles. The van der Waals surface area contributed by atoms with Gasteiger partial charge in [0, 0.05) is 42.3 Å². The highest BCUT2D eigenvalue weighted by Gasteiger charge is 2.30. The first-order valence-corrected chi connectivity index (χ1v) is 10.4. The minimum Gasteiger partial charge on any atom is -0.387 e. The summed E-state index contributed by atoms with van der Waals surface area (Å²) >= 11 is 0. The molecule has 172 valence electrons. The molecule has 2 N–H and O–H groups in total. The molecule has 1 aliphatic rings. The third kappa shape index (κ3) is 3.75. The summed E-state index contributed by atoms with van der Waals surface area (Å²) in [6, 6.07) is 1.78. The molecule has 7 nitrogen and oxygen atoms in total. The molecule has 3 aromatic rings. The lowest BCUT2D eigenvalue weighted by molar-refractivity contribution is 0.0767. The fraction of sp³-hybridized carbons (Fsp3) is 0.304. The van der Waals surface area contributed by atoms with E-state index in [1.807, 2.05) is 13.8 Å². The predicted molar refractivity (Wildman–Crippen MR) is 118 cm³/mol. The van der Waals surface area contributed by atoms with E-state index in [1.54, 1.807) is 29.5 Å². The number of imidazole rings is 1. The first kappa shape index (κ1) is 22.5. The first-order valence-electron chi connectivity index (χ1n) is 10.4. The Bertz CT molecular complexity index is 1320. The number of benzene rings is 1. The number of aryl methyl sites for hydroxylation is 3. The van der Waals surface area contributed by atoms with Crippen molar-refractivity contribution < 1.29 is 18.0 Å². The number of fused-ring (bicyclic) bond motifs is 1. The molecule has 0 bridgehead atoms. The van der Waals surface area contributed by atoms with Crippen LogP contribution in [0.25, 0.3) is 11.3 Å². The van der Waals surface area contributed by atoms with Crippen molar-refractivity contribution in [3.8, 4) is 0 Å². The van der Waals surface area contributed by atoms with Crippen LogP contribution in [0.3, 0.4) is 0 Å². The van der Waals surface area contributed by atoms with Crippen molar-refractivity contribution in [3.63, 3.8) is 0 Å². The molecule has 0 atom stereocenters. The first-order chi connectivity index (χ1) is 15.6. The standard InChI is InChI=1S/C23H23F3N6O/c1-11-9-29-13(3)22-30-12(2)21(32(11)22)23(33)31-6-5-15(18(27)10-31)20(28-4)14-7-16(24)19(26)17(25)8-14/h7-9,27-28H,5-6,10H2,1-4H3/b20-15-,27-18?. The zero-order valence-electron chi connectivity index (χ0n) is 18.7. The van der Waals surface area contributed by atoms with E-state index >= 15 is 0 Å². The maximum Gasteiger partial charge on any atom is 0.273 e. The lowest BCUT2D eigenvalue weighted by atomic mass is 9.95. The molecule has 1 amide bonds. The Morgan fingerprint density at radius 3 is 2.39 bits per heavy atom. The molecular weight excluding hydrogens is 433 g/mol. The van der Waals surface area contributed by atoms with Crippen molar-refractivity contribution in [1.82, 2.24) is 24.6 Å². The predicted octanol–water partition coefficient (Wildman–Crippen LogP) is 3.57. The number of nitrogens with one attached hydrogen (secondary N) is 2. The highest BCUT2D eigenvalue weighted by molar-refractivity contribution is 6.08. The molecule has 0 radical (unpaired) electrons. The maximum atomic E-state index is 13.8. The minimum atomic E-state index is -1.54. The third-order valence-corrected chi connectivity index (χ3v) is 5.83. The number of nitrogens with zero attached hydrogens (tertiary/aromatic N) is 4. The van der Waals surface area contributed by atoms with Gasteiger partial charge in [-0.05, 0) is 39.3 Å². The average molecular weight is 456 g/mol. The van der Waals surface area contributed by atoms with Gasteiger partial charge in [-0.2, -0.15) is 0 Å². The van der Waals surface area contributed by atoms with Gasteiger partial charge in [0.15, 0.2) is 23.1 Å². The van der Waals surface area contributed by atoms with Crippen LogP contribution in [-0.4, -0.2) is 51.0 Å². The average Bonchev–Trinajstić information content (AvgIpc) is 3.13. The number of aromatic nitrogens is 3. The second kappa shape index (κ2) is 8.34. The molecule has 3 heterocycles. The Morgan fingerprint density at radius 1 is 1.12 bits per heavy atom. The fourth-order valence-electron chi connectivity index (χ4n) is 4.20. The molecule has 1 aromatic carbocycles. The lowest BCUT2D eigenvalue weighted by Gasteiger charge is -2.30. The van der Waals surface area contributed by atoms with Crippen molar-refractivity contribution in [1.29, 1.82) is 5.41 Å². The number of piperidine rings is 1. The van der Waals surface area contributed by atoms with Gasteiger partial charge in [0.2, 0.25) is 0 Å². The van der Waals surface area contributed by atoms with E-state index in [9.17, 15) is 18.0 Å². The second-order valence-electron chi connectivity index (χ2n) is 8.00. The maximum absolute atomic E-state index is 13.8. The minimum absolute atomic E-state index is 0.0152. The smallest absolute Gasteiger partial charge is 0.273 e.